The standard InChI is InChI=1S/C23H26N4O3S/c1-25-14-16-27(17-15-25)31(29,30)22-10-4-19(5-11-22)18-24-23(28)20-6-8-21(9-7-20)26-12-2-3-13-26/h2-13H,14-18H2,1H3,(H,24,28). The van der Waals surface area contributed by atoms with E-state index < -0.39 is 10.0 Å². The summed E-state index contributed by atoms with van der Waals surface area (Å²) in [5.41, 5.74) is 2.40. The lowest BCUT2D eigenvalue weighted by atomic mass is 10.1. The average molecular weight is 439 g/mol. The van der Waals surface area contributed by atoms with Crippen molar-refractivity contribution >= 4 is 15.9 Å². The Balaban J connectivity index is 1.35. The second-order valence-electron chi connectivity index (χ2n) is 7.67. The zero-order chi connectivity index (χ0) is 21.8. The Morgan fingerprint density at radius 3 is 2.13 bits per heavy atom. The van der Waals surface area contributed by atoms with E-state index >= 15 is 0 Å². The van der Waals surface area contributed by atoms with Crippen molar-refractivity contribution in [2.45, 2.75) is 11.4 Å². The molecular weight excluding hydrogens is 412 g/mol. The molecule has 3 aromatic rings. The minimum absolute atomic E-state index is 0.173. The summed E-state index contributed by atoms with van der Waals surface area (Å²) in [7, 11) is -1.49. The van der Waals surface area contributed by atoms with E-state index in [4.69, 9.17) is 0 Å². The first kappa shape index (κ1) is 21.3. The number of carbonyl (C=O) groups is 1. The number of benzene rings is 2. The third-order valence-corrected chi connectivity index (χ3v) is 7.42. The van der Waals surface area contributed by atoms with Gasteiger partial charge < -0.3 is 14.8 Å². The Labute approximate surface area is 183 Å². The minimum Gasteiger partial charge on any atom is -0.348 e. The van der Waals surface area contributed by atoms with Crippen molar-refractivity contribution in [2.24, 2.45) is 0 Å². The summed E-state index contributed by atoms with van der Waals surface area (Å²) in [6.07, 6.45) is 3.89. The summed E-state index contributed by atoms with van der Waals surface area (Å²) in [5, 5.41) is 2.88. The first-order valence-electron chi connectivity index (χ1n) is 10.2. The third-order valence-electron chi connectivity index (χ3n) is 5.51. The molecule has 1 aliphatic heterocycles. The normalized spacial score (nSPS) is 15.6. The largest absolute Gasteiger partial charge is 0.348 e. The molecule has 0 atom stereocenters. The van der Waals surface area contributed by atoms with Gasteiger partial charge in [-0.25, -0.2) is 8.42 Å². The zero-order valence-corrected chi connectivity index (χ0v) is 18.3. The number of piperazine rings is 1. The number of nitrogens with one attached hydrogen (secondary N) is 1. The van der Waals surface area contributed by atoms with Gasteiger partial charge in [0.1, 0.15) is 0 Å². The van der Waals surface area contributed by atoms with E-state index in [-0.39, 0.29) is 10.8 Å². The van der Waals surface area contributed by atoms with Gasteiger partial charge in [-0.15, -0.1) is 0 Å². The van der Waals surface area contributed by atoms with Crippen molar-refractivity contribution in [1.82, 2.24) is 19.1 Å². The molecule has 0 aliphatic carbocycles. The van der Waals surface area contributed by atoms with Gasteiger partial charge in [0.25, 0.3) is 5.91 Å². The van der Waals surface area contributed by atoms with Crippen LogP contribution in [0.4, 0.5) is 0 Å². The molecule has 4 rings (SSSR count). The molecule has 2 aromatic carbocycles. The maximum atomic E-state index is 12.8. The van der Waals surface area contributed by atoms with Gasteiger partial charge in [-0.2, -0.15) is 4.31 Å². The van der Waals surface area contributed by atoms with Crippen molar-refractivity contribution in [3.63, 3.8) is 0 Å². The lowest BCUT2D eigenvalue weighted by Gasteiger charge is -2.31. The van der Waals surface area contributed by atoms with E-state index in [0.29, 0.717) is 25.2 Å². The molecule has 1 saturated heterocycles. The predicted molar refractivity (Wildman–Crippen MR) is 120 cm³/mol. The van der Waals surface area contributed by atoms with Crippen LogP contribution in [0, 0.1) is 0 Å². The molecule has 1 aromatic heterocycles. The molecule has 162 valence electrons. The summed E-state index contributed by atoms with van der Waals surface area (Å²) in [5.74, 6) is -0.173. The highest BCUT2D eigenvalue weighted by Crippen LogP contribution is 2.18. The molecule has 7 nitrogen and oxygen atoms in total. The molecule has 1 N–H and O–H groups in total. The molecule has 1 aliphatic rings. The summed E-state index contributed by atoms with van der Waals surface area (Å²) in [4.78, 5) is 14.9. The van der Waals surface area contributed by atoms with E-state index in [1.54, 1.807) is 36.4 Å². The number of likely N-dealkylation sites (N-methyl/N-ethyl adjacent to an activating group) is 1. The molecule has 8 heteroatoms. The summed E-state index contributed by atoms with van der Waals surface area (Å²) in [6.45, 7) is 2.79. The quantitative estimate of drug-likeness (QED) is 0.641. The van der Waals surface area contributed by atoms with E-state index in [9.17, 15) is 13.2 Å². The number of hydrogen-bond acceptors (Lipinski definition) is 4. The van der Waals surface area contributed by atoms with Crippen LogP contribution in [0.1, 0.15) is 15.9 Å². The maximum absolute atomic E-state index is 12.8. The van der Waals surface area contributed by atoms with E-state index in [0.717, 1.165) is 24.3 Å². The highest BCUT2D eigenvalue weighted by molar-refractivity contribution is 7.89. The highest BCUT2D eigenvalue weighted by atomic mass is 32.2. The van der Waals surface area contributed by atoms with Crippen LogP contribution in [0.2, 0.25) is 0 Å². The van der Waals surface area contributed by atoms with Crippen molar-refractivity contribution in [3.05, 3.63) is 84.2 Å². The van der Waals surface area contributed by atoms with Crippen LogP contribution in [0.25, 0.3) is 5.69 Å². The van der Waals surface area contributed by atoms with Gasteiger partial charge in [0.05, 0.1) is 4.90 Å². The zero-order valence-electron chi connectivity index (χ0n) is 17.4. The SMILES string of the molecule is CN1CCN(S(=O)(=O)c2ccc(CNC(=O)c3ccc(-n4cccc4)cc3)cc2)CC1. The number of amides is 1. The van der Waals surface area contributed by atoms with Crippen LogP contribution in [0.15, 0.2) is 78.0 Å². The van der Waals surface area contributed by atoms with Gasteiger partial charge in [0.2, 0.25) is 10.0 Å². The topological polar surface area (TPSA) is 74.7 Å². The van der Waals surface area contributed by atoms with Crippen LogP contribution in [-0.4, -0.2) is 61.3 Å². The second kappa shape index (κ2) is 9.05. The fourth-order valence-electron chi connectivity index (χ4n) is 3.53. The van der Waals surface area contributed by atoms with Gasteiger partial charge in [0, 0.05) is 56.4 Å². The van der Waals surface area contributed by atoms with E-state index in [2.05, 4.69) is 10.2 Å². The van der Waals surface area contributed by atoms with E-state index in [1.807, 2.05) is 48.3 Å². The van der Waals surface area contributed by atoms with E-state index in [1.165, 1.54) is 4.31 Å². The van der Waals surface area contributed by atoms with Crippen molar-refractivity contribution in [3.8, 4) is 5.69 Å². The molecule has 31 heavy (non-hydrogen) atoms. The molecule has 2 heterocycles. The molecule has 0 radical (unpaired) electrons. The average Bonchev–Trinajstić information content (AvgIpc) is 3.33. The summed E-state index contributed by atoms with van der Waals surface area (Å²) < 4.78 is 29.1. The van der Waals surface area contributed by atoms with Crippen LogP contribution < -0.4 is 5.32 Å². The van der Waals surface area contributed by atoms with Crippen LogP contribution in [-0.2, 0) is 16.6 Å². The number of carbonyl (C=O) groups excluding carboxylic acids is 1. The number of aromatic nitrogens is 1. The van der Waals surface area contributed by atoms with Crippen molar-refractivity contribution < 1.29 is 13.2 Å². The van der Waals surface area contributed by atoms with Gasteiger partial charge in [-0.1, -0.05) is 12.1 Å². The fraction of sp³-hybridized carbons (Fsp3) is 0.261. The lowest BCUT2D eigenvalue weighted by Crippen LogP contribution is -2.47. The molecule has 1 amide bonds. The number of rotatable bonds is 6. The predicted octanol–water partition coefficient (Wildman–Crippen LogP) is 2.34. The Kier molecular flexibility index (Phi) is 6.22. The summed E-state index contributed by atoms with van der Waals surface area (Å²) in [6, 6.07) is 18.0. The first-order chi connectivity index (χ1) is 14.9. The van der Waals surface area contributed by atoms with Crippen LogP contribution in [0.5, 0.6) is 0 Å². The fourth-order valence-corrected chi connectivity index (χ4v) is 4.95. The monoisotopic (exact) mass is 438 g/mol. The molecule has 0 unspecified atom stereocenters. The van der Waals surface area contributed by atoms with Gasteiger partial charge >= 0.3 is 0 Å². The Bertz CT molecular complexity index is 1120. The minimum atomic E-state index is -3.48. The van der Waals surface area contributed by atoms with Crippen LogP contribution >= 0.6 is 0 Å². The molecule has 0 saturated carbocycles. The van der Waals surface area contributed by atoms with Gasteiger partial charge in [-0.3, -0.25) is 4.79 Å². The maximum Gasteiger partial charge on any atom is 0.251 e. The number of sulfonamides is 1. The smallest absolute Gasteiger partial charge is 0.251 e. The lowest BCUT2D eigenvalue weighted by molar-refractivity contribution is 0.0951. The molecular formula is C23H26N4O3S. The van der Waals surface area contributed by atoms with Crippen molar-refractivity contribution in [2.75, 3.05) is 33.2 Å². The Morgan fingerprint density at radius 2 is 1.52 bits per heavy atom. The van der Waals surface area contributed by atoms with Gasteiger partial charge in [0.15, 0.2) is 0 Å². The molecule has 0 spiro atoms. The number of hydrogen-bond donors (Lipinski definition) is 1. The highest BCUT2D eigenvalue weighted by Gasteiger charge is 2.27. The number of nitrogens with zero attached hydrogens (tertiary/aromatic N) is 3. The second-order valence-corrected chi connectivity index (χ2v) is 9.61. The Hall–Kier alpha value is -2.94. The molecule has 1 fully saturated rings. The first-order valence-corrected chi connectivity index (χ1v) is 11.7. The summed E-state index contributed by atoms with van der Waals surface area (Å²) >= 11 is 0. The van der Waals surface area contributed by atoms with Crippen LogP contribution in [0.3, 0.4) is 0 Å². The third kappa shape index (κ3) is 4.87. The Morgan fingerprint density at radius 1 is 0.903 bits per heavy atom. The van der Waals surface area contributed by atoms with Crippen molar-refractivity contribution in [1.29, 1.82) is 0 Å². The molecule has 0 bridgehead atoms. The van der Waals surface area contributed by atoms with Gasteiger partial charge in [-0.05, 0) is 61.1 Å².